The van der Waals surface area contributed by atoms with Crippen molar-refractivity contribution in [1.29, 1.82) is 0 Å². The average Bonchev–Trinajstić information content (AvgIpc) is 3.36. The topological polar surface area (TPSA) is 66.0 Å². The molecule has 0 radical (unpaired) electrons. The molecule has 5 rings (SSSR count). The number of nitrogens with zero attached hydrogens (tertiary/aromatic N) is 4. The molecule has 1 aliphatic heterocycles. The van der Waals surface area contributed by atoms with Crippen LogP contribution in [0.25, 0.3) is 21.4 Å². The molecule has 4 aromatic rings. The first kappa shape index (κ1) is 25.5. The number of nitrogens with one attached hydrogen (secondary N) is 2. The number of rotatable bonds is 6. The van der Waals surface area contributed by atoms with Crippen molar-refractivity contribution < 1.29 is 0 Å². The molecule has 0 spiro atoms. The quantitative estimate of drug-likeness (QED) is 0.322. The lowest BCUT2D eigenvalue weighted by Gasteiger charge is -2.28. The molecule has 4 aromatic heterocycles. The van der Waals surface area contributed by atoms with Crippen molar-refractivity contribution in [3.8, 4) is 0 Å². The summed E-state index contributed by atoms with van der Waals surface area (Å²) >= 11 is 1.75. The van der Waals surface area contributed by atoms with Crippen LogP contribution in [0.5, 0.6) is 0 Å². The lowest BCUT2D eigenvalue weighted by atomic mass is 10.0. The van der Waals surface area contributed by atoms with E-state index >= 15 is 0 Å². The molecule has 186 valence electrons. The van der Waals surface area contributed by atoms with Gasteiger partial charge in [-0.15, -0.1) is 11.3 Å². The number of aryl methyl sites for hydroxylation is 1. The van der Waals surface area contributed by atoms with E-state index in [1.807, 2.05) is 44.7 Å². The zero-order valence-electron chi connectivity index (χ0n) is 21.5. The zero-order valence-corrected chi connectivity index (χ0v) is 22.3. The maximum Gasteiger partial charge on any atom is 0.129 e. The minimum Gasteiger partial charge on any atom is -0.354 e. The second-order valence-electron chi connectivity index (χ2n) is 8.33. The molecule has 36 heavy (non-hydrogen) atoms. The third-order valence-corrected chi connectivity index (χ3v) is 7.20. The molecule has 0 saturated carbocycles. The number of anilines is 2. The number of thiophene rings is 1. The van der Waals surface area contributed by atoms with Gasteiger partial charge in [-0.3, -0.25) is 9.97 Å². The van der Waals surface area contributed by atoms with Gasteiger partial charge in [-0.05, 0) is 55.1 Å². The second kappa shape index (κ2) is 11.9. The van der Waals surface area contributed by atoms with Crippen LogP contribution in [0.3, 0.4) is 0 Å². The summed E-state index contributed by atoms with van der Waals surface area (Å²) in [5.41, 5.74) is 6.03. The van der Waals surface area contributed by atoms with Crippen LogP contribution in [0.2, 0.25) is 0 Å². The first-order valence-electron chi connectivity index (χ1n) is 12.5. The van der Waals surface area contributed by atoms with Crippen LogP contribution in [-0.2, 0) is 0 Å². The molecule has 0 bridgehead atoms. The molecule has 0 amide bonds. The van der Waals surface area contributed by atoms with Crippen molar-refractivity contribution in [3.05, 3.63) is 89.5 Å². The summed E-state index contributed by atoms with van der Waals surface area (Å²) in [6.07, 6.45) is 9.64. The molecule has 0 unspecified atom stereocenters. The molecule has 1 fully saturated rings. The Morgan fingerprint density at radius 3 is 2.64 bits per heavy atom. The van der Waals surface area contributed by atoms with Gasteiger partial charge in [0.1, 0.15) is 5.82 Å². The standard InChI is InChI=1S/C27H28N6S.C2H6/c1-4-23(25-13-21-5-7-29-17-26(21)34-25)24-15-22(16-31-19(24)3)32-18(2)20-6-8-30-27(14-20)33-11-9-28-10-12-33;1-2/h4-8,13-17,28,32H,2,9-12H2,1,3H3;1-2H3/b23-4+;. The van der Waals surface area contributed by atoms with Gasteiger partial charge in [0.25, 0.3) is 0 Å². The van der Waals surface area contributed by atoms with E-state index in [2.05, 4.69) is 81.3 Å². The molecule has 0 aromatic carbocycles. The van der Waals surface area contributed by atoms with Crippen molar-refractivity contribution >= 4 is 44.2 Å². The summed E-state index contributed by atoms with van der Waals surface area (Å²) in [7, 11) is 0. The Morgan fingerprint density at radius 1 is 1.08 bits per heavy atom. The van der Waals surface area contributed by atoms with Crippen LogP contribution in [0.15, 0.2) is 67.8 Å². The third-order valence-electron chi connectivity index (χ3n) is 6.08. The van der Waals surface area contributed by atoms with Crippen molar-refractivity contribution in [1.82, 2.24) is 20.3 Å². The fourth-order valence-electron chi connectivity index (χ4n) is 4.24. The van der Waals surface area contributed by atoms with E-state index in [0.717, 1.165) is 60.2 Å². The van der Waals surface area contributed by atoms with E-state index in [1.54, 1.807) is 11.3 Å². The molecule has 6 nitrogen and oxygen atoms in total. The summed E-state index contributed by atoms with van der Waals surface area (Å²) < 4.78 is 1.18. The first-order chi connectivity index (χ1) is 17.6. The van der Waals surface area contributed by atoms with E-state index < -0.39 is 0 Å². The molecule has 1 aliphatic rings. The van der Waals surface area contributed by atoms with Crippen molar-refractivity contribution in [2.75, 3.05) is 36.4 Å². The molecule has 5 heterocycles. The van der Waals surface area contributed by atoms with Crippen LogP contribution in [0, 0.1) is 6.92 Å². The number of hydrogen-bond donors (Lipinski definition) is 2. The van der Waals surface area contributed by atoms with Crippen LogP contribution in [-0.4, -0.2) is 41.1 Å². The summed E-state index contributed by atoms with van der Waals surface area (Å²) in [4.78, 5) is 17.0. The van der Waals surface area contributed by atoms with Crippen molar-refractivity contribution in [3.63, 3.8) is 0 Å². The van der Waals surface area contributed by atoms with Gasteiger partial charge in [0.2, 0.25) is 0 Å². The Kier molecular flexibility index (Phi) is 8.46. The lowest BCUT2D eigenvalue weighted by molar-refractivity contribution is 0.585. The van der Waals surface area contributed by atoms with Crippen LogP contribution in [0.1, 0.15) is 42.5 Å². The number of aromatic nitrogens is 3. The minimum absolute atomic E-state index is 0.824. The smallest absolute Gasteiger partial charge is 0.129 e. The Balaban J connectivity index is 0.00000148. The fourth-order valence-corrected chi connectivity index (χ4v) is 5.36. The van der Waals surface area contributed by atoms with Gasteiger partial charge in [0.15, 0.2) is 0 Å². The Morgan fingerprint density at radius 2 is 1.89 bits per heavy atom. The van der Waals surface area contributed by atoms with Gasteiger partial charge in [0, 0.05) is 72.2 Å². The number of pyridine rings is 3. The molecule has 7 heteroatoms. The summed E-state index contributed by atoms with van der Waals surface area (Å²) in [6, 6.07) is 10.5. The van der Waals surface area contributed by atoms with Gasteiger partial charge < -0.3 is 15.5 Å². The van der Waals surface area contributed by atoms with Gasteiger partial charge in [0.05, 0.1) is 16.6 Å². The lowest BCUT2D eigenvalue weighted by Crippen LogP contribution is -2.43. The summed E-state index contributed by atoms with van der Waals surface area (Å²) in [6.45, 7) is 16.3. The van der Waals surface area contributed by atoms with Crippen LogP contribution in [0.4, 0.5) is 11.5 Å². The van der Waals surface area contributed by atoms with Crippen LogP contribution < -0.4 is 15.5 Å². The summed E-state index contributed by atoms with van der Waals surface area (Å²) in [5, 5.41) is 8.06. The van der Waals surface area contributed by atoms with Gasteiger partial charge in [-0.2, -0.15) is 0 Å². The SMILES string of the molecule is C=C(Nc1cnc(C)c(/C(=C\C)c2cc3ccncc3s2)c1)c1ccnc(N2CCNCC2)c1.CC. The zero-order chi connectivity index (χ0) is 25.5. The predicted molar refractivity (Wildman–Crippen MR) is 155 cm³/mol. The molecule has 0 aliphatic carbocycles. The second-order valence-corrected chi connectivity index (χ2v) is 9.41. The molecule has 0 atom stereocenters. The predicted octanol–water partition coefficient (Wildman–Crippen LogP) is 6.36. The maximum atomic E-state index is 4.69. The fraction of sp³-hybridized carbons (Fsp3) is 0.276. The highest BCUT2D eigenvalue weighted by molar-refractivity contribution is 7.20. The highest BCUT2D eigenvalue weighted by Gasteiger charge is 2.15. The Hall–Kier alpha value is -3.55. The summed E-state index contributed by atoms with van der Waals surface area (Å²) in [5.74, 6) is 0.986. The number of allylic oxidation sites excluding steroid dienone is 1. The van der Waals surface area contributed by atoms with Crippen LogP contribution >= 0.6 is 11.3 Å². The van der Waals surface area contributed by atoms with E-state index in [-0.39, 0.29) is 0 Å². The van der Waals surface area contributed by atoms with E-state index in [1.165, 1.54) is 20.5 Å². The molecule has 1 saturated heterocycles. The molecular formula is C29H34N6S. The minimum atomic E-state index is 0.824. The monoisotopic (exact) mass is 498 g/mol. The van der Waals surface area contributed by atoms with E-state index in [0.29, 0.717) is 0 Å². The van der Waals surface area contributed by atoms with Gasteiger partial charge in [-0.25, -0.2) is 4.98 Å². The average molecular weight is 499 g/mol. The van der Waals surface area contributed by atoms with E-state index in [4.69, 9.17) is 0 Å². The highest BCUT2D eigenvalue weighted by Crippen LogP contribution is 2.35. The molecule has 2 N–H and O–H groups in total. The first-order valence-corrected chi connectivity index (χ1v) is 13.3. The number of fused-ring (bicyclic) bond motifs is 1. The Labute approximate surface area is 217 Å². The van der Waals surface area contributed by atoms with E-state index in [9.17, 15) is 0 Å². The largest absolute Gasteiger partial charge is 0.354 e. The Bertz CT molecular complexity index is 1330. The van der Waals surface area contributed by atoms with Crippen molar-refractivity contribution in [2.45, 2.75) is 27.7 Å². The third kappa shape index (κ3) is 5.64. The van der Waals surface area contributed by atoms with Crippen molar-refractivity contribution in [2.24, 2.45) is 0 Å². The highest BCUT2D eigenvalue weighted by atomic mass is 32.1. The maximum absolute atomic E-state index is 4.69. The molecular weight excluding hydrogens is 464 g/mol. The normalized spacial score (nSPS) is 13.8. The number of piperazine rings is 1. The number of hydrogen-bond acceptors (Lipinski definition) is 7. The van der Waals surface area contributed by atoms with Gasteiger partial charge >= 0.3 is 0 Å². The van der Waals surface area contributed by atoms with Gasteiger partial charge in [-0.1, -0.05) is 26.5 Å².